The zero-order valence-electron chi connectivity index (χ0n) is 19.7. The van der Waals surface area contributed by atoms with Crippen LogP contribution < -0.4 is 29.6 Å². The highest BCUT2D eigenvalue weighted by Gasteiger charge is 2.36. The molecule has 35 heavy (non-hydrogen) atoms. The molecule has 0 saturated carbocycles. The van der Waals surface area contributed by atoms with Gasteiger partial charge in [-0.2, -0.15) is 5.10 Å². The fraction of sp³-hybridized carbons (Fsp3) is 0.261. The summed E-state index contributed by atoms with van der Waals surface area (Å²) in [6.45, 7) is 3.38. The Balaban J connectivity index is 1.57. The van der Waals surface area contributed by atoms with Gasteiger partial charge in [-0.05, 0) is 19.9 Å². The minimum absolute atomic E-state index is 0.260. The first kappa shape index (κ1) is 22.2. The van der Waals surface area contributed by atoms with Crippen molar-refractivity contribution in [1.82, 2.24) is 24.6 Å². The summed E-state index contributed by atoms with van der Waals surface area (Å²) in [4.78, 5) is 25.6. The molecule has 0 bridgehead atoms. The molecule has 1 aliphatic rings. The number of fused-ring (bicyclic) bond motifs is 2. The summed E-state index contributed by atoms with van der Waals surface area (Å²) in [7, 11) is 4.64. The number of carbonyl (C=O) groups excluding carboxylic acids is 1. The minimum atomic E-state index is -1.02. The van der Waals surface area contributed by atoms with E-state index in [1.54, 1.807) is 70.3 Å². The Morgan fingerprint density at radius 1 is 1.06 bits per heavy atom. The molecule has 5 rings (SSSR count). The Kier molecular flexibility index (Phi) is 5.27. The topological polar surface area (TPSA) is 134 Å². The smallest absolute Gasteiger partial charge is 0.269 e. The SMILES string of the molecule is COc1cc(Nc2nc(-c3cnc4c(c3)OC(C)(C)C(=O)N4)cn3ncnc23)cc(OC)c1OC. The summed E-state index contributed by atoms with van der Waals surface area (Å²) in [5.41, 5.74) is 1.37. The number of hydrogen-bond acceptors (Lipinski definition) is 10. The number of hydrogen-bond donors (Lipinski definition) is 2. The van der Waals surface area contributed by atoms with E-state index < -0.39 is 5.60 Å². The molecule has 0 saturated heterocycles. The van der Waals surface area contributed by atoms with Crippen molar-refractivity contribution in [3.63, 3.8) is 0 Å². The van der Waals surface area contributed by atoms with Crippen LogP contribution in [0.1, 0.15) is 13.8 Å². The van der Waals surface area contributed by atoms with Crippen LogP contribution in [0.2, 0.25) is 0 Å². The second-order valence-electron chi connectivity index (χ2n) is 8.18. The van der Waals surface area contributed by atoms with Crippen LogP contribution in [-0.4, -0.2) is 57.4 Å². The molecular weight excluding hydrogens is 454 g/mol. The molecule has 0 atom stereocenters. The van der Waals surface area contributed by atoms with E-state index in [9.17, 15) is 4.79 Å². The fourth-order valence-electron chi connectivity index (χ4n) is 3.68. The van der Waals surface area contributed by atoms with Crippen molar-refractivity contribution in [1.29, 1.82) is 0 Å². The van der Waals surface area contributed by atoms with Crippen LogP contribution in [0, 0.1) is 0 Å². The molecule has 0 spiro atoms. The van der Waals surface area contributed by atoms with E-state index in [2.05, 4.69) is 25.7 Å². The summed E-state index contributed by atoms with van der Waals surface area (Å²) >= 11 is 0. The molecule has 0 aliphatic carbocycles. The minimum Gasteiger partial charge on any atom is -0.493 e. The summed E-state index contributed by atoms with van der Waals surface area (Å²) < 4.78 is 23.8. The van der Waals surface area contributed by atoms with Crippen molar-refractivity contribution in [2.24, 2.45) is 0 Å². The van der Waals surface area contributed by atoms with E-state index in [-0.39, 0.29) is 5.91 Å². The van der Waals surface area contributed by atoms with Crippen LogP contribution in [0.5, 0.6) is 23.0 Å². The number of nitrogens with zero attached hydrogens (tertiary/aromatic N) is 5. The second kappa shape index (κ2) is 8.31. The van der Waals surface area contributed by atoms with E-state index in [0.717, 1.165) is 0 Å². The number of methoxy groups -OCH3 is 3. The highest BCUT2D eigenvalue weighted by atomic mass is 16.5. The number of pyridine rings is 1. The average molecular weight is 477 g/mol. The predicted molar refractivity (Wildman–Crippen MR) is 127 cm³/mol. The Labute approximate surface area is 200 Å². The zero-order chi connectivity index (χ0) is 24.7. The van der Waals surface area contributed by atoms with Crippen molar-refractivity contribution < 1.29 is 23.7 Å². The van der Waals surface area contributed by atoms with Crippen molar-refractivity contribution in [2.75, 3.05) is 32.0 Å². The van der Waals surface area contributed by atoms with E-state index in [1.807, 2.05) is 0 Å². The van der Waals surface area contributed by atoms with E-state index >= 15 is 0 Å². The van der Waals surface area contributed by atoms with E-state index in [0.29, 0.717) is 57.2 Å². The van der Waals surface area contributed by atoms with Gasteiger partial charge in [0.05, 0.1) is 33.2 Å². The van der Waals surface area contributed by atoms with Gasteiger partial charge in [0.15, 0.2) is 40.1 Å². The first-order chi connectivity index (χ1) is 16.8. The van der Waals surface area contributed by atoms with Gasteiger partial charge in [-0.1, -0.05) is 0 Å². The van der Waals surface area contributed by atoms with Gasteiger partial charge in [-0.3, -0.25) is 4.79 Å². The molecule has 12 nitrogen and oxygen atoms in total. The lowest BCUT2D eigenvalue weighted by Gasteiger charge is -2.30. The Morgan fingerprint density at radius 2 is 1.80 bits per heavy atom. The molecule has 180 valence electrons. The number of anilines is 3. The van der Waals surface area contributed by atoms with Crippen LogP contribution >= 0.6 is 0 Å². The quantitative estimate of drug-likeness (QED) is 0.427. The summed E-state index contributed by atoms with van der Waals surface area (Å²) in [5, 5.41) is 10.3. The highest BCUT2D eigenvalue weighted by molar-refractivity contribution is 5.99. The molecule has 4 aromatic rings. The molecule has 1 amide bonds. The summed E-state index contributed by atoms with van der Waals surface area (Å²) in [5.74, 6) is 2.45. The number of rotatable bonds is 6. The third-order valence-corrected chi connectivity index (χ3v) is 5.48. The van der Waals surface area contributed by atoms with Crippen molar-refractivity contribution in [2.45, 2.75) is 19.4 Å². The number of nitrogens with one attached hydrogen (secondary N) is 2. The number of amides is 1. The molecule has 12 heteroatoms. The molecule has 4 heterocycles. The molecule has 1 aliphatic heterocycles. The molecule has 3 aromatic heterocycles. The van der Waals surface area contributed by atoms with Crippen LogP contribution in [0.3, 0.4) is 0 Å². The Morgan fingerprint density at radius 3 is 2.49 bits per heavy atom. The number of benzene rings is 1. The van der Waals surface area contributed by atoms with Crippen LogP contribution in [0.4, 0.5) is 17.3 Å². The van der Waals surface area contributed by atoms with Crippen LogP contribution in [-0.2, 0) is 4.79 Å². The Hall–Kier alpha value is -4.61. The van der Waals surface area contributed by atoms with Gasteiger partial charge in [-0.15, -0.1) is 0 Å². The van der Waals surface area contributed by atoms with Crippen molar-refractivity contribution >= 4 is 28.9 Å². The standard InChI is InChI=1S/C23H23N7O5/c1-23(2)22(31)29-19-17(35-23)6-12(9-24-19)14-10-30-21(25-11-26-30)20(28-14)27-13-7-15(32-3)18(34-5)16(8-13)33-4/h6-11H,1-5H3,(H,27,28)(H,24,29,31). The second-order valence-corrected chi connectivity index (χ2v) is 8.18. The molecule has 0 fully saturated rings. The maximum atomic E-state index is 12.2. The first-order valence-electron chi connectivity index (χ1n) is 10.6. The molecule has 0 radical (unpaired) electrons. The van der Waals surface area contributed by atoms with Crippen molar-refractivity contribution in [3.05, 3.63) is 36.9 Å². The van der Waals surface area contributed by atoms with Gasteiger partial charge < -0.3 is 29.6 Å². The fourth-order valence-corrected chi connectivity index (χ4v) is 3.68. The van der Waals surface area contributed by atoms with E-state index in [4.69, 9.17) is 23.9 Å². The molecular formula is C23H23N7O5. The zero-order valence-corrected chi connectivity index (χ0v) is 19.7. The maximum absolute atomic E-state index is 12.2. The van der Waals surface area contributed by atoms with Gasteiger partial charge in [0.2, 0.25) is 5.75 Å². The summed E-state index contributed by atoms with van der Waals surface area (Å²) in [6, 6.07) is 5.31. The van der Waals surface area contributed by atoms with Gasteiger partial charge in [-0.25, -0.2) is 19.5 Å². The largest absolute Gasteiger partial charge is 0.493 e. The third-order valence-electron chi connectivity index (χ3n) is 5.48. The van der Waals surface area contributed by atoms with Gasteiger partial charge >= 0.3 is 0 Å². The number of carbonyl (C=O) groups is 1. The molecule has 0 unspecified atom stereocenters. The lowest BCUT2D eigenvalue weighted by atomic mass is 10.1. The van der Waals surface area contributed by atoms with Crippen molar-refractivity contribution in [3.8, 4) is 34.3 Å². The highest BCUT2D eigenvalue weighted by Crippen LogP contribution is 2.41. The van der Waals surface area contributed by atoms with Gasteiger partial charge in [0.1, 0.15) is 6.33 Å². The average Bonchev–Trinajstić information content (AvgIpc) is 3.32. The third kappa shape index (κ3) is 3.88. The lowest BCUT2D eigenvalue weighted by molar-refractivity contribution is -0.129. The number of aromatic nitrogens is 5. The normalized spacial score (nSPS) is 14.0. The molecule has 2 N–H and O–H groups in total. The first-order valence-corrected chi connectivity index (χ1v) is 10.6. The Bertz CT molecular complexity index is 1420. The predicted octanol–water partition coefficient (Wildman–Crippen LogP) is 3.07. The van der Waals surface area contributed by atoms with Gasteiger partial charge in [0.25, 0.3) is 5.91 Å². The molecule has 1 aromatic carbocycles. The maximum Gasteiger partial charge on any atom is 0.269 e. The summed E-state index contributed by atoms with van der Waals surface area (Å²) in [6.07, 6.45) is 4.78. The van der Waals surface area contributed by atoms with E-state index in [1.165, 1.54) is 6.33 Å². The van der Waals surface area contributed by atoms with Gasteiger partial charge in [0, 0.05) is 29.6 Å². The number of ether oxygens (including phenoxy) is 4. The van der Waals surface area contributed by atoms with Crippen LogP contribution in [0.25, 0.3) is 16.9 Å². The monoisotopic (exact) mass is 477 g/mol. The lowest BCUT2D eigenvalue weighted by Crippen LogP contribution is -2.45. The van der Waals surface area contributed by atoms with Crippen LogP contribution in [0.15, 0.2) is 36.9 Å².